The van der Waals surface area contributed by atoms with Gasteiger partial charge in [0, 0.05) is 25.7 Å². The summed E-state index contributed by atoms with van der Waals surface area (Å²) in [6, 6.07) is 10.3. The van der Waals surface area contributed by atoms with Crippen LogP contribution in [0.15, 0.2) is 41.2 Å². The lowest BCUT2D eigenvalue weighted by molar-refractivity contribution is 0.0374. The van der Waals surface area contributed by atoms with Gasteiger partial charge in [-0.1, -0.05) is 17.3 Å². The Morgan fingerprint density at radius 2 is 2.00 bits per heavy atom. The van der Waals surface area contributed by atoms with E-state index in [1.54, 1.807) is 0 Å². The van der Waals surface area contributed by atoms with Crippen molar-refractivity contribution in [3.05, 3.63) is 48.1 Å². The standard InChI is InChI=1S/C20H24N4O2/c1-13-6-16(22-26-13)11-23-9-14-7-19(20(25)8-15(14)10-23)24-12-21-17-4-2-3-5-18(17)24/h2-6,12,14-15,19-20,25H,7-11H2,1H3/t14-,15+,19-,20-/m1/s1. The Labute approximate surface area is 152 Å². The first-order valence-electron chi connectivity index (χ1n) is 9.41. The van der Waals surface area contributed by atoms with E-state index in [1.165, 1.54) is 0 Å². The number of rotatable bonds is 3. The van der Waals surface area contributed by atoms with E-state index < -0.39 is 0 Å². The molecule has 1 aliphatic carbocycles. The molecule has 0 amide bonds. The van der Waals surface area contributed by atoms with Crippen molar-refractivity contribution in [1.29, 1.82) is 0 Å². The monoisotopic (exact) mass is 352 g/mol. The fraction of sp³-hybridized carbons (Fsp3) is 0.500. The van der Waals surface area contributed by atoms with Crippen LogP contribution in [0.3, 0.4) is 0 Å². The highest BCUT2D eigenvalue weighted by molar-refractivity contribution is 5.75. The molecule has 2 fully saturated rings. The summed E-state index contributed by atoms with van der Waals surface area (Å²) in [5.74, 6) is 2.03. The molecule has 2 aromatic heterocycles. The van der Waals surface area contributed by atoms with Gasteiger partial charge in [-0.2, -0.15) is 0 Å². The van der Waals surface area contributed by atoms with Crippen molar-refractivity contribution in [3.63, 3.8) is 0 Å². The molecule has 1 saturated heterocycles. The quantitative estimate of drug-likeness (QED) is 0.785. The minimum Gasteiger partial charge on any atom is -0.391 e. The van der Waals surface area contributed by atoms with Crippen LogP contribution in [-0.4, -0.2) is 43.9 Å². The SMILES string of the molecule is Cc1cc(CN2C[C@H]3C[C@@H](n4cnc5ccccc54)[C@H](O)C[C@H]3C2)no1. The highest BCUT2D eigenvalue weighted by Gasteiger charge is 2.42. The Morgan fingerprint density at radius 3 is 2.81 bits per heavy atom. The van der Waals surface area contributed by atoms with Gasteiger partial charge in [0.25, 0.3) is 0 Å². The molecule has 0 radical (unpaired) electrons. The number of hydrogen-bond donors (Lipinski definition) is 1. The summed E-state index contributed by atoms with van der Waals surface area (Å²) in [6.45, 7) is 4.85. The molecular weight excluding hydrogens is 328 g/mol. The van der Waals surface area contributed by atoms with Gasteiger partial charge in [-0.05, 0) is 43.7 Å². The van der Waals surface area contributed by atoms with Gasteiger partial charge in [0.2, 0.25) is 0 Å². The maximum absolute atomic E-state index is 10.8. The van der Waals surface area contributed by atoms with E-state index in [9.17, 15) is 5.11 Å². The van der Waals surface area contributed by atoms with E-state index in [0.29, 0.717) is 11.8 Å². The second-order valence-electron chi connectivity index (χ2n) is 7.89. The third-order valence-corrected chi connectivity index (χ3v) is 6.09. The molecule has 1 N–H and O–H groups in total. The molecule has 0 spiro atoms. The largest absolute Gasteiger partial charge is 0.391 e. The van der Waals surface area contributed by atoms with Gasteiger partial charge in [-0.3, -0.25) is 4.90 Å². The third-order valence-electron chi connectivity index (χ3n) is 6.09. The van der Waals surface area contributed by atoms with Gasteiger partial charge < -0.3 is 14.2 Å². The Balaban J connectivity index is 1.33. The number of hydrogen-bond acceptors (Lipinski definition) is 5. The summed E-state index contributed by atoms with van der Waals surface area (Å²) in [7, 11) is 0. The van der Waals surface area contributed by atoms with Crippen molar-refractivity contribution < 1.29 is 9.63 Å². The number of likely N-dealkylation sites (tertiary alicyclic amines) is 1. The summed E-state index contributed by atoms with van der Waals surface area (Å²) in [5.41, 5.74) is 3.11. The molecule has 3 aromatic rings. The molecule has 2 aliphatic rings. The number of benzene rings is 1. The van der Waals surface area contributed by atoms with E-state index in [0.717, 1.165) is 55.0 Å². The zero-order valence-electron chi connectivity index (χ0n) is 15.0. The van der Waals surface area contributed by atoms with Crippen molar-refractivity contribution in [2.24, 2.45) is 11.8 Å². The van der Waals surface area contributed by atoms with E-state index in [1.807, 2.05) is 37.5 Å². The highest BCUT2D eigenvalue weighted by atomic mass is 16.5. The topological polar surface area (TPSA) is 67.3 Å². The maximum Gasteiger partial charge on any atom is 0.133 e. The number of nitrogens with zero attached hydrogens (tertiary/aromatic N) is 4. The third kappa shape index (κ3) is 2.73. The number of para-hydroxylation sites is 2. The van der Waals surface area contributed by atoms with Crippen LogP contribution < -0.4 is 0 Å². The van der Waals surface area contributed by atoms with Gasteiger partial charge in [0.05, 0.1) is 35.2 Å². The van der Waals surface area contributed by atoms with Crippen molar-refractivity contribution in [2.45, 2.75) is 38.5 Å². The number of aromatic nitrogens is 3. The van der Waals surface area contributed by atoms with Gasteiger partial charge in [0.1, 0.15) is 5.76 Å². The molecule has 1 aromatic carbocycles. The number of fused-ring (bicyclic) bond motifs is 2. The molecule has 1 aliphatic heterocycles. The van der Waals surface area contributed by atoms with Crippen LogP contribution in [0.2, 0.25) is 0 Å². The Bertz CT molecular complexity index is 917. The van der Waals surface area contributed by atoms with E-state index in [2.05, 4.69) is 25.7 Å². The first-order chi connectivity index (χ1) is 12.7. The lowest BCUT2D eigenvalue weighted by Gasteiger charge is -2.36. The van der Waals surface area contributed by atoms with Crippen LogP contribution in [0, 0.1) is 18.8 Å². The highest BCUT2D eigenvalue weighted by Crippen LogP contribution is 2.42. The Morgan fingerprint density at radius 1 is 1.19 bits per heavy atom. The van der Waals surface area contributed by atoms with E-state index >= 15 is 0 Å². The maximum atomic E-state index is 10.8. The lowest BCUT2D eigenvalue weighted by atomic mass is 9.77. The molecule has 4 atom stereocenters. The molecule has 1 saturated carbocycles. The average Bonchev–Trinajstić information content (AvgIpc) is 3.32. The van der Waals surface area contributed by atoms with Gasteiger partial charge in [0.15, 0.2) is 0 Å². The zero-order chi connectivity index (χ0) is 17.7. The fourth-order valence-corrected chi connectivity index (χ4v) is 4.90. The number of aliphatic hydroxyl groups excluding tert-OH is 1. The molecule has 0 unspecified atom stereocenters. The first kappa shape index (κ1) is 16.0. The van der Waals surface area contributed by atoms with Crippen molar-refractivity contribution in [3.8, 4) is 0 Å². The molecular formula is C20H24N4O2. The van der Waals surface area contributed by atoms with Gasteiger partial charge in [-0.15, -0.1) is 0 Å². The molecule has 26 heavy (non-hydrogen) atoms. The second-order valence-corrected chi connectivity index (χ2v) is 7.89. The smallest absolute Gasteiger partial charge is 0.133 e. The summed E-state index contributed by atoms with van der Waals surface area (Å²) in [6.07, 6.45) is 3.43. The van der Waals surface area contributed by atoms with Gasteiger partial charge in [-0.25, -0.2) is 4.98 Å². The number of imidazole rings is 1. The summed E-state index contributed by atoms with van der Waals surface area (Å²) in [5, 5.41) is 15.0. The van der Waals surface area contributed by atoms with Crippen molar-refractivity contribution in [2.75, 3.05) is 13.1 Å². The Hall–Kier alpha value is -2.18. The normalized spacial score (nSPS) is 29.3. The summed E-state index contributed by atoms with van der Waals surface area (Å²) >= 11 is 0. The van der Waals surface area contributed by atoms with E-state index in [4.69, 9.17) is 4.52 Å². The van der Waals surface area contributed by atoms with E-state index in [-0.39, 0.29) is 12.1 Å². The van der Waals surface area contributed by atoms with Crippen molar-refractivity contribution >= 4 is 11.0 Å². The Kier molecular flexibility index (Phi) is 3.83. The van der Waals surface area contributed by atoms with Crippen LogP contribution in [0.1, 0.15) is 30.3 Å². The average molecular weight is 352 g/mol. The molecule has 6 nitrogen and oxygen atoms in total. The van der Waals surface area contributed by atoms with Crippen molar-refractivity contribution in [1.82, 2.24) is 19.6 Å². The molecule has 5 rings (SSSR count). The summed E-state index contributed by atoms with van der Waals surface area (Å²) < 4.78 is 7.37. The minimum absolute atomic E-state index is 0.109. The van der Waals surface area contributed by atoms with Crippen LogP contribution in [-0.2, 0) is 6.54 Å². The van der Waals surface area contributed by atoms with Crippen LogP contribution in [0.5, 0.6) is 0 Å². The molecule has 136 valence electrons. The van der Waals surface area contributed by atoms with Crippen LogP contribution in [0.25, 0.3) is 11.0 Å². The van der Waals surface area contributed by atoms with Crippen LogP contribution in [0.4, 0.5) is 0 Å². The fourth-order valence-electron chi connectivity index (χ4n) is 4.90. The summed E-state index contributed by atoms with van der Waals surface area (Å²) in [4.78, 5) is 6.96. The number of aryl methyl sites for hydroxylation is 1. The first-order valence-corrected chi connectivity index (χ1v) is 9.41. The lowest BCUT2D eigenvalue weighted by Crippen LogP contribution is -2.36. The predicted molar refractivity (Wildman–Crippen MR) is 97.5 cm³/mol. The van der Waals surface area contributed by atoms with Crippen LogP contribution >= 0.6 is 0 Å². The minimum atomic E-state index is -0.317. The molecule has 0 bridgehead atoms. The predicted octanol–water partition coefficient (Wildman–Crippen LogP) is 2.78. The second kappa shape index (κ2) is 6.21. The molecule has 3 heterocycles. The zero-order valence-corrected chi connectivity index (χ0v) is 15.0. The number of aliphatic hydroxyl groups is 1. The molecule has 6 heteroatoms. The van der Waals surface area contributed by atoms with Gasteiger partial charge >= 0.3 is 0 Å².